The van der Waals surface area contributed by atoms with Gasteiger partial charge in [0.05, 0.1) is 19.2 Å². The number of halogens is 1. The number of nitrogens with two attached hydrogens (primary N) is 1. The van der Waals surface area contributed by atoms with Gasteiger partial charge in [0, 0.05) is 11.6 Å². The number of amides is 1. The minimum absolute atomic E-state index is 0.0331. The summed E-state index contributed by atoms with van der Waals surface area (Å²) in [5.74, 6) is 0.0331. The summed E-state index contributed by atoms with van der Waals surface area (Å²) >= 11 is 5.90. The molecule has 1 fully saturated rings. The van der Waals surface area contributed by atoms with Crippen molar-refractivity contribution in [3.63, 3.8) is 0 Å². The van der Waals surface area contributed by atoms with E-state index in [1.165, 1.54) is 0 Å². The normalized spacial score (nSPS) is 20.3. The molecule has 0 bridgehead atoms. The van der Waals surface area contributed by atoms with E-state index in [1.807, 2.05) is 29.2 Å². The zero-order valence-corrected chi connectivity index (χ0v) is 13.2. The van der Waals surface area contributed by atoms with Gasteiger partial charge in [-0.3, -0.25) is 4.79 Å². The van der Waals surface area contributed by atoms with Crippen molar-refractivity contribution in [3.05, 3.63) is 34.9 Å². The summed E-state index contributed by atoms with van der Waals surface area (Å²) in [7, 11) is 0. The number of nitrogens with zero attached hydrogens (tertiary/aromatic N) is 1. The van der Waals surface area contributed by atoms with Gasteiger partial charge in [-0.05, 0) is 24.1 Å². The van der Waals surface area contributed by atoms with Gasteiger partial charge in [0.2, 0.25) is 5.91 Å². The Labute approximate surface area is 131 Å². The second-order valence-electron chi connectivity index (χ2n) is 5.44. The van der Waals surface area contributed by atoms with Crippen molar-refractivity contribution in [3.8, 4) is 0 Å². The van der Waals surface area contributed by atoms with E-state index in [0.717, 1.165) is 24.8 Å². The molecule has 2 unspecified atom stereocenters. The zero-order valence-electron chi connectivity index (χ0n) is 12.4. The van der Waals surface area contributed by atoms with E-state index in [-0.39, 0.29) is 12.0 Å². The predicted molar refractivity (Wildman–Crippen MR) is 84.2 cm³/mol. The van der Waals surface area contributed by atoms with Crippen LogP contribution in [0.25, 0.3) is 0 Å². The van der Waals surface area contributed by atoms with E-state index in [4.69, 9.17) is 22.1 Å². The maximum Gasteiger partial charge on any atom is 0.239 e. The summed E-state index contributed by atoms with van der Waals surface area (Å²) in [5.41, 5.74) is 7.03. The monoisotopic (exact) mass is 310 g/mol. The van der Waals surface area contributed by atoms with E-state index < -0.39 is 6.04 Å². The van der Waals surface area contributed by atoms with Crippen LogP contribution >= 0.6 is 11.6 Å². The molecule has 21 heavy (non-hydrogen) atoms. The number of morpholine rings is 1. The maximum absolute atomic E-state index is 12.4. The first-order valence-electron chi connectivity index (χ1n) is 7.53. The van der Waals surface area contributed by atoms with Gasteiger partial charge in [-0.25, -0.2) is 0 Å². The fourth-order valence-electron chi connectivity index (χ4n) is 2.51. The van der Waals surface area contributed by atoms with Gasteiger partial charge in [0.25, 0.3) is 0 Å². The lowest BCUT2D eigenvalue weighted by molar-refractivity contribution is -0.140. The Hall–Kier alpha value is -1.10. The second kappa shape index (κ2) is 7.78. The number of carbonyl (C=O) groups is 1. The molecule has 4 nitrogen and oxygen atoms in total. The van der Waals surface area contributed by atoms with Crippen LogP contribution in [0.1, 0.15) is 37.9 Å². The molecular formula is C16H23ClN2O2. The lowest BCUT2D eigenvalue weighted by atomic mass is 10.1. The predicted octanol–water partition coefficient (Wildman–Crippen LogP) is 2.76. The quantitative estimate of drug-likeness (QED) is 0.910. The summed E-state index contributed by atoms with van der Waals surface area (Å²) in [6.45, 7) is 3.81. The van der Waals surface area contributed by atoms with Gasteiger partial charge in [-0.1, -0.05) is 43.5 Å². The van der Waals surface area contributed by atoms with Crippen molar-refractivity contribution in [1.82, 2.24) is 4.90 Å². The molecule has 1 amide bonds. The number of ether oxygens (including phenoxy) is 1. The molecule has 0 aromatic heterocycles. The SMILES string of the molecule is CCCCC(N)C(=O)N1CCOC(c2ccc(Cl)cc2)C1. The Balaban J connectivity index is 1.97. The number of rotatable bonds is 5. The smallest absolute Gasteiger partial charge is 0.239 e. The first kappa shape index (κ1) is 16.3. The van der Waals surface area contributed by atoms with Crippen LogP contribution in [0, 0.1) is 0 Å². The van der Waals surface area contributed by atoms with Gasteiger partial charge in [0.1, 0.15) is 6.10 Å². The number of benzene rings is 1. The van der Waals surface area contributed by atoms with Gasteiger partial charge in [-0.2, -0.15) is 0 Å². The highest BCUT2D eigenvalue weighted by Gasteiger charge is 2.28. The van der Waals surface area contributed by atoms with Gasteiger partial charge >= 0.3 is 0 Å². The highest BCUT2D eigenvalue weighted by Crippen LogP contribution is 2.24. The van der Waals surface area contributed by atoms with E-state index in [1.54, 1.807) is 0 Å². The molecule has 1 heterocycles. The third kappa shape index (κ3) is 4.43. The molecule has 116 valence electrons. The number of hydrogen-bond acceptors (Lipinski definition) is 3. The van der Waals surface area contributed by atoms with Crippen molar-refractivity contribution < 1.29 is 9.53 Å². The van der Waals surface area contributed by atoms with E-state index >= 15 is 0 Å². The van der Waals surface area contributed by atoms with Crippen LogP contribution in [-0.4, -0.2) is 36.5 Å². The molecular weight excluding hydrogens is 288 g/mol. The fraction of sp³-hybridized carbons (Fsp3) is 0.562. The van der Waals surface area contributed by atoms with Crippen molar-refractivity contribution >= 4 is 17.5 Å². The average molecular weight is 311 g/mol. The van der Waals surface area contributed by atoms with Crippen LogP contribution in [-0.2, 0) is 9.53 Å². The number of carbonyl (C=O) groups excluding carboxylic acids is 1. The molecule has 0 saturated carbocycles. The summed E-state index contributed by atoms with van der Waals surface area (Å²) in [6.07, 6.45) is 2.69. The molecule has 0 aliphatic carbocycles. The molecule has 1 aliphatic rings. The van der Waals surface area contributed by atoms with Crippen LogP contribution < -0.4 is 5.73 Å². The molecule has 1 saturated heterocycles. The number of hydrogen-bond donors (Lipinski definition) is 1. The molecule has 1 aromatic carbocycles. The van der Waals surface area contributed by atoms with Crippen LogP contribution in [0.4, 0.5) is 0 Å². The van der Waals surface area contributed by atoms with Crippen LogP contribution in [0.2, 0.25) is 5.02 Å². The molecule has 2 N–H and O–H groups in total. The standard InChI is InChI=1S/C16H23ClN2O2/c1-2-3-4-14(18)16(20)19-9-10-21-15(11-19)12-5-7-13(17)8-6-12/h5-8,14-15H,2-4,9-11,18H2,1H3. The van der Waals surface area contributed by atoms with E-state index in [0.29, 0.717) is 24.7 Å². The minimum atomic E-state index is -0.395. The second-order valence-corrected chi connectivity index (χ2v) is 5.88. The van der Waals surface area contributed by atoms with Crippen LogP contribution in [0.5, 0.6) is 0 Å². The highest BCUT2D eigenvalue weighted by atomic mass is 35.5. The van der Waals surface area contributed by atoms with Gasteiger partial charge in [0.15, 0.2) is 0 Å². The lowest BCUT2D eigenvalue weighted by Crippen LogP contribution is -2.49. The molecule has 2 rings (SSSR count). The van der Waals surface area contributed by atoms with Crippen molar-refractivity contribution in [2.45, 2.75) is 38.3 Å². The third-order valence-corrected chi connectivity index (χ3v) is 4.06. The maximum atomic E-state index is 12.4. The van der Waals surface area contributed by atoms with E-state index in [9.17, 15) is 4.79 Å². The summed E-state index contributed by atoms with van der Waals surface area (Å²) < 4.78 is 5.77. The topological polar surface area (TPSA) is 55.6 Å². The Bertz CT molecular complexity index is 464. The Morgan fingerprint density at radius 3 is 2.86 bits per heavy atom. The Kier molecular flexibility index (Phi) is 6.03. The zero-order chi connectivity index (χ0) is 15.2. The van der Waals surface area contributed by atoms with Crippen molar-refractivity contribution in [1.29, 1.82) is 0 Å². The van der Waals surface area contributed by atoms with Crippen LogP contribution in [0.15, 0.2) is 24.3 Å². The van der Waals surface area contributed by atoms with E-state index in [2.05, 4.69) is 6.92 Å². The third-order valence-electron chi connectivity index (χ3n) is 3.81. The summed E-state index contributed by atoms with van der Waals surface area (Å²) in [6, 6.07) is 7.17. The largest absolute Gasteiger partial charge is 0.370 e. The Morgan fingerprint density at radius 1 is 1.48 bits per heavy atom. The fourth-order valence-corrected chi connectivity index (χ4v) is 2.64. The molecule has 5 heteroatoms. The van der Waals surface area contributed by atoms with Crippen LogP contribution in [0.3, 0.4) is 0 Å². The minimum Gasteiger partial charge on any atom is -0.370 e. The van der Waals surface area contributed by atoms with Gasteiger partial charge < -0.3 is 15.4 Å². The lowest BCUT2D eigenvalue weighted by Gasteiger charge is -2.34. The van der Waals surface area contributed by atoms with Crippen molar-refractivity contribution in [2.75, 3.05) is 19.7 Å². The molecule has 1 aliphatic heterocycles. The van der Waals surface area contributed by atoms with Crippen molar-refractivity contribution in [2.24, 2.45) is 5.73 Å². The molecule has 0 radical (unpaired) electrons. The molecule has 2 atom stereocenters. The number of unbranched alkanes of at least 4 members (excludes halogenated alkanes) is 1. The summed E-state index contributed by atoms with van der Waals surface area (Å²) in [4.78, 5) is 14.2. The molecule has 1 aromatic rings. The van der Waals surface area contributed by atoms with Gasteiger partial charge in [-0.15, -0.1) is 0 Å². The Morgan fingerprint density at radius 2 is 2.19 bits per heavy atom. The first-order valence-corrected chi connectivity index (χ1v) is 7.91. The molecule has 0 spiro atoms. The average Bonchev–Trinajstić information content (AvgIpc) is 2.52. The summed E-state index contributed by atoms with van der Waals surface area (Å²) in [5, 5.41) is 0.698. The first-order chi connectivity index (χ1) is 10.1. The highest BCUT2D eigenvalue weighted by molar-refractivity contribution is 6.30.